The number of amides is 1. The van der Waals surface area contributed by atoms with Crippen molar-refractivity contribution >= 4 is 29.4 Å². The molecule has 0 radical (unpaired) electrons. The van der Waals surface area contributed by atoms with Crippen LogP contribution in [0.15, 0.2) is 0 Å². The molecule has 0 heterocycles. The van der Waals surface area contributed by atoms with E-state index in [2.05, 4.69) is 6.26 Å². The predicted octanol–water partition coefficient (Wildman–Crippen LogP) is -0.422. The van der Waals surface area contributed by atoms with Gasteiger partial charge < -0.3 is 22.9 Å². The van der Waals surface area contributed by atoms with E-state index in [0.717, 1.165) is 17.9 Å². The second-order valence-electron chi connectivity index (χ2n) is 3.57. The maximum atomic E-state index is 10.3. The third-order valence-corrected chi connectivity index (χ3v) is 3.28. The van der Waals surface area contributed by atoms with Crippen molar-refractivity contribution in [1.82, 2.24) is 0 Å². The van der Waals surface area contributed by atoms with Crippen molar-refractivity contribution < 1.29 is 4.79 Å². The van der Waals surface area contributed by atoms with Gasteiger partial charge in [0, 0.05) is 12.6 Å². The molecule has 8 N–H and O–H groups in total. The molecule has 0 aromatic heterocycles. The largest absolute Gasteiger partial charge is 0.368 e. The smallest absolute Gasteiger partial charge is 0.234 e. The molecule has 17 heavy (non-hydrogen) atoms. The van der Waals surface area contributed by atoms with Crippen molar-refractivity contribution in [3.05, 3.63) is 0 Å². The molecule has 1 unspecified atom stereocenters. The number of carbonyl (C=O) groups excluding carboxylic acids is 1. The van der Waals surface area contributed by atoms with Crippen molar-refractivity contribution in [2.24, 2.45) is 22.9 Å². The molecule has 7 heteroatoms. The number of hydrogen-bond donors (Lipinski definition) is 4. The standard InChI is InChI=1S/C5H12N2OS.C5H14N2S/c1-9-3-2-4(6)5(7)8;1-8-3-2-5(7)4-6/h4H,2-3,6H2,1H3,(H2,7,8);5H,2-4,6-7H2,1H3/t4-;/m0./s1. The van der Waals surface area contributed by atoms with E-state index in [9.17, 15) is 4.79 Å². The average molecular weight is 282 g/mol. The number of nitrogens with two attached hydrogens (primary N) is 4. The Hall–Kier alpha value is 0.0500. The summed E-state index contributed by atoms with van der Waals surface area (Å²) in [6.07, 6.45) is 5.76. The minimum absolute atomic E-state index is 0.211. The van der Waals surface area contributed by atoms with Gasteiger partial charge in [-0.3, -0.25) is 4.79 Å². The Bertz CT molecular complexity index is 184. The Balaban J connectivity index is 0. The molecule has 1 amide bonds. The third-order valence-electron chi connectivity index (χ3n) is 1.99. The Kier molecular flexibility index (Phi) is 16.1. The van der Waals surface area contributed by atoms with Gasteiger partial charge in [0.15, 0.2) is 0 Å². The van der Waals surface area contributed by atoms with Crippen LogP contribution in [0, 0.1) is 0 Å². The number of thioether (sulfide) groups is 2. The SMILES string of the molecule is CSCCC(N)CN.CSCC[C@H](N)C(N)=O. The van der Waals surface area contributed by atoms with Crippen LogP contribution in [0.3, 0.4) is 0 Å². The topological polar surface area (TPSA) is 121 Å². The average Bonchev–Trinajstić information content (AvgIpc) is 2.33. The van der Waals surface area contributed by atoms with Crippen LogP contribution in [0.4, 0.5) is 0 Å². The normalized spacial score (nSPS) is 13.5. The van der Waals surface area contributed by atoms with E-state index in [1.807, 2.05) is 18.0 Å². The van der Waals surface area contributed by atoms with E-state index in [1.54, 1.807) is 11.8 Å². The van der Waals surface area contributed by atoms with Crippen LogP contribution in [-0.4, -0.2) is 48.6 Å². The highest BCUT2D eigenvalue weighted by molar-refractivity contribution is 7.98. The van der Waals surface area contributed by atoms with Crippen LogP contribution in [0.1, 0.15) is 12.8 Å². The lowest BCUT2D eigenvalue weighted by molar-refractivity contribution is -0.119. The van der Waals surface area contributed by atoms with Gasteiger partial charge in [-0.2, -0.15) is 23.5 Å². The van der Waals surface area contributed by atoms with Gasteiger partial charge in [-0.15, -0.1) is 0 Å². The van der Waals surface area contributed by atoms with Crippen LogP contribution < -0.4 is 22.9 Å². The molecular formula is C10H26N4OS2. The molecule has 0 fully saturated rings. The van der Waals surface area contributed by atoms with Crippen LogP contribution in [-0.2, 0) is 4.79 Å². The quantitative estimate of drug-likeness (QED) is 0.480. The Morgan fingerprint density at radius 2 is 1.59 bits per heavy atom. The Morgan fingerprint density at radius 3 is 1.94 bits per heavy atom. The number of hydrogen-bond acceptors (Lipinski definition) is 6. The highest BCUT2D eigenvalue weighted by atomic mass is 32.2. The summed E-state index contributed by atoms with van der Waals surface area (Å²) < 4.78 is 0. The van der Waals surface area contributed by atoms with E-state index in [0.29, 0.717) is 13.0 Å². The first-order chi connectivity index (χ1) is 7.99. The fourth-order valence-corrected chi connectivity index (χ4v) is 1.80. The molecule has 0 saturated heterocycles. The molecule has 0 aliphatic heterocycles. The summed E-state index contributed by atoms with van der Waals surface area (Å²) in [6.45, 7) is 0.612. The summed E-state index contributed by atoms with van der Waals surface area (Å²) in [5, 5.41) is 0. The molecule has 0 aromatic rings. The lowest BCUT2D eigenvalue weighted by Crippen LogP contribution is -2.36. The number of primary amides is 1. The Labute approximate surface area is 113 Å². The molecule has 0 spiro atoms. The summed E-state index contributed by atoms with van der Waals surface area (Å²) in [7, 11) is 0. The maximum Gasteiger partial charge on any atom is 0.234 e. The molecule has 0 aliphatic carbocycles. The third kappa shape index (κ3) is 16.1. The Morgan fingerprint density at radius 1 is 1.12 bits per heavy atom. The molecule has 5 nitrogen and oxygen atoms in total. The zero-order valence-corrected chi connectivity index (χ0v) is 12.4. The molecule has 0 bridgehead atoms. The summed E-state index contributed by atoms with van der Waals surface area (Å²) in [4.78, 5) is 10.3. The number of carbonyl (C=O) groups is 1. The van der Waals surface area contributed by atoms with Gasteiger partial charge in [-0.1, -0.05) is 0 Å². The van der Waals surface area contributed by atoms with E-state index in [-0.39, 0.29) is 6.04 Å². The van der Waals surface area contributed by atoms with Gasteiger partial charge in [0.25, 0.3) is 0 Å². The molecule has 104 valence electrons. The first kappa shape index (κ1) is 19.4. The van der Waals surface area contributed by atoms with E-state index in [1.165, 1.54) is 0 Å². The molecule has 0 saturated carbocycles. The first-order valence-electron chi connectivity index (χ1n) is 5.47. The highest BCUT2D eigenvalue weighted by Gasteiger charge is 2.06. The molecule has 0 aliphatic rings. The predicted molar refractivity (Wildman–Crippen MR) is 80.2 cm³/mol. The lowest BCUT2D eigenvalue weighted by atomic mass is 10.2. The van der Waals surface area contributed by atoms with Gasteiger partial charge >= 0.3 is 0 Å². The fourth-order valence-electron chi connectivity index (χ4n) is 0.774. The van der Waals surface area contributed by atoms with Crippen LogP contribution in [0.25, 0.3) is 0 Å². The van der Waals surface area contributed by atoms with Crippen LogP contribution >= 0.6 is 23.5 Å². The summed E-state index contributed by atoms with van der Waals surface area (Å²) >= 11 is 3.47. The van der Waals surface area contributed by atoms with Gasteiger partial charge in [0.1, 0.15) is 0 Å². The van der Waals surface area contributed by atoms with Crippen molar-refractivity contribution in [1.29, 1.82) is 0 Å². The van der Waals surface area contributed by atoms with E-state index in [4.69, 9.17) is 22.9 Å². The van der Waals surface area contributed by atoms with Gasteiger partial charge in [0.05, 0.1) is 6.04 Å². The van der Waals surface area contributed by atoms with Crippen molar-refractivity contribution in [3.63, 3.8) is 0 Å². The minimum Gasteiger partial charge on any atom is -0.368 e. The van der Waals surface area contributed by atoms with Gasteiger partial charge in [-0.05, 0) is 36.9 Å². The van der Waals surface area contributed by atoms with E-state index < -0.39 is 11.9 Å². The van der Waals surface area contributed by atoms with E-state index >= 15 is 0 Å². The number of rotatable bonds is 8. The minimum atomic E-state index is -0.461. The molecule has 2 atom stereocenters. The summed E-state index contributed by atoms with van der Waals surface area (Å²) in [5.41, 5.74) is 21.0. The molecule has 0 aromatic carbocycles. The zero-order valence-electron chi connectivity index (χ0n) is 10.7. The maximum absolute atomic E-state index is 10.3. The first-order valence-corrected chi connectivity index (χ1v) is 8.26. The lowest BCUT2D eigenvalue weighted by Gasteiger charge is -2.04. The van der Waals surface area contributed by atoms with Crippen LogP contribution in [0.5, 0.6) is 0 Å². The summed E-state index contributed by atoms with van der Waals surface area (Å²) in [6, 6.07) is -0.250. The fraction of sp³-hybridized carbons (Fsp3) is 0.900. The zero-order chi connectivity index (χ0) is 13.7. The summed E-state index contributed by atoms with van der Waals surface area (Å²) in [5.74, 6) is 1.60. The van der Waals surface area contributed by atoms with Crippen LogP contribution in [0.2, 0.25) is 0 Å². The van der Waals surface area contributed by atoms with Gasteiger partial charge in [-0.25, -0.2) is 0 Å². The van der Waals surface area contributed by atoms with Crippen molar-refractivity contribution in [3.8, 4) is 0 Å². The molecular weight excluding hydrogens is 256 g/mol. The monoisotopic (exact) mass is 282 g/mol. The molecule has 0 rings (SSSR count). The van der Waals surface area contributed by atoms with Crippen molar-refractivity contribution in [2.75, 3.05) is 30.6 Å². The highest BCUT2D eigenvalue weighted by Crippen LogP contribution is 1.97. The van der Waals surface area contributed by atoms with Crippen molar-refractivity contribution in [2.45, 2.75) is 24.9 Å². The second kappa shape index (κ2) is 14.1. The van der Waals surface area contributed by atoms with Gasteiger partial charge in [0.2, 0.25) is 5.91 Å². The second-order valence-corrected chi connectivity index (χ2v) is 5.54.